The first kappa shape index (κ1) is 14.3. The second-order valence-electron chi connectivity index (χ2n) is 5.72. The van der Waals surface area contributed by atoms with Crippen LogP contribution in [0.3, 0.4) is 0 Å². The molecular formula is C14H28N2O2. The fraction of sp³-hybridized carbons (Fsp3) is 1.00. The minimum atomic E-state index is 0.635. The van der Waals surface area contributed by atoms with Gasteiger partial charge in [0, 0.05) is 38.8 Å². The van der Waals surface area contributed by atoms with Gasteiger partial charge in [-0.3, -0.25) is 0 Å². The van der Waals surface area contributed by atoms with Crippen LogP contribution < -0.4 is 5.32 Å². The van der Waals surface area contributed by atoms with E-state index in [-0.39, 0.29) is 0 Å². The molecule has 2 rings (SSSR count). The van der Waals surface area contributed by atoms with E-state index in [1.54, 1.807) is 0 Å². The van der Waals surface area contributed by atoms with Crippen LogP contribution in [0.1, 0.15) is 19.3 Å². The first-order chi connectivity index (χ1) is 8.83. The maximum Gasteiger partial charge on any atom is 0.0521 e. The lowest BCUT2D eigenvalue weighted by Gasteiger charge is -2.38. The average molecular weight is 256 g/mol. The number of likely N-dealkylation sites (tertiary alicyclic amines) is 1. The van der Waals surface area contributed by atoms with Crippen LogP contribution in [0.4, 0.5) is 0 Å². The summed E-state index contributed by atoms with van der Waals surface area (Å²) in [6.45, 7) is 6.40. The number of piperidine rings is 1. The van der Waals surface area contributed by atoms with Gasteiger partial charge in [-0.25, -0.2) is 0 Å². The van der Waals surface area contributed by atoms with Crippen LogP contribution >= 0.6 is 0 Å². The lowest BCUT2D eigenvalue weighted by atomic mass is 9.92. The van der Waals surface area contributed by atoms with Crippen molar-refractivity contribution in [3.63, 3.8) is 0 Å². The summed E-state index contributed by atoms with van der Waals surface area (Å²) in [6.07, 6.45) is 3.72. The summed E-state index contributed by atoms with van der Waals surface area (Å²) in [5, 5.41) is 3.45. The van der Waals surface area contributed by atoms with Crippen molar-refractivity contribution in [3.05, 3.63) is 0 Å². The first-order valence-corrected chi connectivity index (χ1v) is 7.29. The molecule has 2 aliphatic rings. The lowest BCUT2D eigenvalue weighted by molar-refractivity contribution is 0.0104. The highest BCUT2D eigenvalue weighted by atomic mass is 16.5. The Hall–Kier alpha value is -0.160. The summed E-state index contributed by atoms with van der Waals surface area (Å²) in [7, 11) is 3.89. The third kappa shape index (κ3) is 3.92. The summed E-state index contributed by atoms with van der Waals surface area (Å²) in [4.78, 5) is 2.61. The smallest absolute Gasteiger partial charge is 0.0521 e. The van der Waals surface area contributed by atoms with E-state index in [9.17, 15) is 0 Å². The maximum absolute atomic E-state index is 5.63. The molecule has 2 unspecified atom stereocenters. The third-order valence-electron chi connectivity index (χ3n) is 4.45. The van der Waals surface area contributed by atoms with Crippen LogP contribution in [0, 0.1) is 11.8 Å². The van der Waals surface area contributed by atoms with Crippen LogP contribution in [-0.4, -0.2) is 64.6 Å². The number of nitrogens with one attached hydrogen (secondary N) is 1. The highest BCUT2D eigenvalue weighted by Crippen LogP contribution is 2.21. The molecule has 1 N–H and O–H groups in total. The fourth-order valence-corrected chi connectivity index (χ4v) is 3.26. The largest absolute Gasteiger partial charge is 0.384 e. The summed E-state index contributed by atoms with van der Waals surface area (Å²) < 4.78 is 10.9. The van der Waals surface area contributed by atoms with Gasteiger partial charge in [-0.15, -0.1) is 0 Å². The summed E-state index contributed by atoms with van der Waals surface area (Å²) in [5.74, 6) is 1.43. The molecule has 0 aromatic rings. The van der Waals surface area contributed by atoms with Gasteiger partial charge in [0.25, 0.3) is 0 Å². The van der Waals surface area contributed by atoms with Crippen molar-refractivity contribution in [3.8, 4) is 0 Å². The molecule has 2 saturated heterocycles. The van der Waals surface area contributed by atoms with Gasteiger partial charge < -0.3 is 19.7 Å². The maximum atomic E-state index is 5.63. The third-order valence-corrected chi connectivity index (χ3v) is 4.45. The molecule has 4 nitrogen and oxygen atoms in total. The molecule has 2 fully saturated rings. The van der Waals surface area contributed by atoms with Gasteiger partial charge in [0.2, 0.25) is 0 Å². The normalized spacial score (nSPS) is 31.7. The number of methoxy groups -OCH3 is 1. The fourth-order valence-electron chi connectivity index (χ4n) is 3.26. The van der Waals surface area contributed by atoms with Crippen LogP contribution in [0.5, 0.6) is 0 Å². The Morgan fingerprint density at radius 2 is 2.06 bits per heavy atom. The minimum Gasteiger partial charge on any atom is -0.384 e. The van der Waals surface area contributed by atoms with Gasteiger partial charge in [-0.1, -0.05) is 0 Å². The monoisotopic (exact) mass is 256 g/mol. The molecule has 2 heterocycles. The second-order valence-corrected chi connectivity index (χ2v) is 5.72. The van der Waals surface area contributed by atoms with E-state index in [0.717, 1.165) is 32.2 Å². The van der Waals surface area contributed by atoms with E-state index >= 15 is 0 Å². The van der Waals surface area contributed by atoms with Gasteiger partial charge in [-0.05, 0) is 45.3 Å². The summed E-state index contributed by atoms with van der Waals surface area (Å²) in [5.41, 5.74) is 0. The van der Waals surface area contributed by atoms with Gasteiger partial charge in [0.1, 0.15) is 0 Å². The molecule has 0 aromatic carbocycles. The van der Waals surface area contributed by atoms with Crippen molar-refractivity contribution in [2.24, 2.45) is 11.8 Å². The molecule has 0 aromatic heterocycles. The zero-order chi connectivity index (χ0) is 12.8. The van der Waals surface area contributed by atoms with Crippen LogP contribution in [0.2, 0.25) is 0 Å². The number of ether oxygens (including phenoxy) is 2. The van der Waals surface area contributed by atoms with Crippen molar-refractivity contribution in [2.75, 3.05) is 53.6 Å². The minimum absolute atomic E-state index is 0.635. The van der Waals surface area contributed by atoms with Gasteiger partial charge in [0.05, 0.1) is 6.61 Å². The topological polar surface area (TPSA) is 33.7 Å². The molecule has 4 heteroatoms. The highest BCUT2D eigenvalue weighted by molar-refractivity contribution is 4.83. The Kier molecular flexibility index (Phi) is 5.89. The molecule has 0 bridgehead atoms. The van der Waals surface area contributed by atoms with Crippen LogP contribution in [-0.2, 0) is 9.47 Å². The average Bonchev–Trinajstić information content (AvgIpc) is 2.42. The van der Waals surface area contributed by atoms with Gasteiger partial charge in [0.15, 0.2) is 0 Å². The number of rotatable bonds is 5. The molecular weight excluding hydrogens is 228 g/mol. The van der Waals surface area contributed by atoms with E-state index < -0.39 is 0 Å². The number of hydrogen-bond donors (Lipinski definition) is 1. The molecule has 2 atom stereocenters. The Morgan fingerprint density at radius 3 is 2.72 bits per heavy atom. The zero-order valence-corrected chi connectivity index (χ0v) is 11.9. The van der Waals surface area contributed by atoms with E-state index in [0.29, 0.717) is 12.0 Å². The van der Waals surface area contributed by atoms with Crippen LogP contribution in [0.15, 0.2) is 0 Å². The zero-order valence-electron chi connectivity index (χ0n) is 11.9. The summed E-state index contributed by atoms with van der Waals surface area (Å²) >= 11 is 0. The number of nitrogens with zero attached hydrogens (tertiary/aromatic N) is 1. The Morgan fingerprint density at radius 1 is 1.28 bits per heavy atom. The van der Waals surface area contributed by atoms with Crippen molar-refractivity contribution >= 4 is 0 Å². The van der Waals surface area contributed by atoms with Crippen molar-refractivity contribution < 1.29 is 9.47 Å². The van der Waals surface area contributed by atoms with Crippen LogP contribution in [0.25, 0.3) is 0 Å². The molecule has 2 aliphatic heterocycles. The molecule has 0 saturated carbocycles. The first-order valence-electron chi connectivity index (χ1n) is 7.29. The Labute approximate surface area is 111 Å². The molecule has 0 aliphatic carbocycles. The van der Waals surface area contributed by atoms with Crippen molar-refractivity contribution in [1.82, 2.24) is 10.2 Å². The Balaban J connectivity index is 1.73. The van der Waals surface area contributed by atoms with E-state index in [1.807, 2.05) is 7.11 Å². The Bertz CT molecular complexity index is 230. The molecule has 0 spiro atoms. The molecule has 106 valence electrons. The van der Waals surface area contributed by atoms with Gasteiger partial charge >= 0.3 is 0 Å². The second kappa shape index (κ2) is 7.43. The van der Waals surface area contributed by atoms with Crippen molar-refractivity contribution in [2.45, 2.75) is 25.3 Å². The SMILES string of the molecule is CNC1CCOCC1CN1CCC(COC)CC1. The van der Waals surface area contributed by atoms with Gasteiger partial charge in [-0.2, -0.15) is 0 Å². The summed E-state index contributed by atoms with van der Waals surface area (Å²) in [6, 6.07) is 0.635. The van der Waals surface area contributed by atoms with E-state index in [1.165, 1.54) is 32.5 Å². The standard InChI is InChI=1S/C14H28N2O2/c1-15-14-5-8-18-11-13(14)9-16-6-3-12(4-7-16)10-17-2/h12-15H,3-11H2,1-2H3. The van der Waals surface area contributed by atoms with E-state index in [4.69, 9.17) is 9.47 Å². The quantitative estimate of drug-likeness (QED) is 0.795. The van der Waals surface area contributed by atoms with E-state index in [2.05, 4.69) is 17.3 Å². The van der Waals surface area contributed by atoms with Crippen molar-refractivity contribution in [1.29, 1.82) is 0 Å². The molecule has 0 amide bonds. The molecule has 0 radical (unpaired) electrons. The predicted molar refractivity (Wildman–Crippen MR) is 72.8 cm³/mol. The lowest BCUT2D eigenvalue weighted by Crippen LogP contribution is -2.48. The number of hydrogen-bond acceptors (Lipinski definition) is 4. The highest BCUT2D eigenvalue weighted by Gasteiger charge is 2.28. The molecule has 18 heavy (non-hydrogen) atoms. The predicted octanol–water partition coefficient (Wildman–Crippen LogP) is 0.969.